The van der Waals surface area contributed by atoms with Crippen LogP contribution in [0.2, 0.25) is 0 Å². The molecule has 0 unspecified atom stereocenters. The molecule has 1 aliphatic heterocycles. The summed E-state index contributed by atoms with van der Waals surface area (Å²) >= 11 is 0. The van der Waals surface area contributed by atoms with Crippen LogP contribution < -0.4 is 5.43 Å². The number of Topliss-reactive ketones (excluding diaryl/α,β-unsaturated/α-hetero) is 1. The van der Waals surface area contributed by atoms with Gasteiger partial charge in [0, 0.05) is 29.8 Å². The maximum absolute atomic E-state index is 12.3. The minimum atomic E-state index is -0.300. The number of carbonyl (C=O) groups is 1. The highest BCUT2D eigenvalue weighted by molar-refractivity contribution is 5.84. The SMILES string of the molecule is CCC(=O)[C@H]1CO[C@H](C)CN1Nc1nc(-c2ccccc2)nc(C)c1C. The van der Waals surface area contributed by atoms with Crippen molar-refractivity contribution in [3.8, 4) is 11.4 Å². The zero-order chi connectivity index (χ0) is 18.7. The van der Waals surface area contributed by atoms with E-state index in [1.165, 1.54) is 0 Å². The van der Waals surface area contributed by atoms with Crippen molar-refractivity contribution < 1.29 is 9.53 Å². The van der Waals surface area contributed by atoms with Crippen molar-refractivity contribution in [3.63, 3.8) is 0 Å². The van der Waals surface area contributed by atoms with E-state index in [0.717, 1.165) is 22.6 Å². The summed E-state index contributed by atoms with van der Waals surface area (Å²) in [7, 11) is 0. The third-order valence-corrected chi connectivity index (χ3v) is 4.76. The summed E-state index contributed by atoms with van der Waals surface area (Å²) in [5.41, 5.74) is 6.24. The fourth-order valence-corrected chi connectivity index (χ4v) is 3.02. The third-order valence-electron chi connectivity index (χ3n) is 4.76. The molecule has 1 aliphatic rings. The number of hydrazine groups is 1. The average molecular weight is 354 g/mol. The van der Waals surface area contributed by atoms with E-state index in [2.05, 4.69) is 10.4 Å². The Morgan fingerprint density at radius 2 is 2.00 bits per heavy atom. The summed E-state index contributed by atoms with van der Waals surface area (Å²) < 4.78 is 5.69. The van der Waals surface area contributed by atoms with E-state index in [0.29, 0.717) is 25.4 Å². The van der Waals surface area contributed by atoms with Crippen LogP contribution in [0.1, 0.15) is 31.5 Å². The molecule has 0 bridgehead atoms. The molecule has 0 spiro atoms. The fourth-order valence-electron chi connectivity index (χ4n) is 3.02. The van der Waals surface area contributed by atoms with Gasteiger partial charge in [-0.2, -0.15) is 0 Å². The summed E-state index contributed by atoms with van der Waals surface area (Å²) in [5, 5.41) is 1.96. The highest BCUT2D eigenvalue weighted by Gasteiger charge is 2.32. The Bertz CT molecular complexity index is 779. The maximum Gasteiger partial charge on any atom is 0.161 e. The first-order valence-electron chi connectivity index (χ1n) is 9.07. The number of ketones is 1. The van der Waals surface area contributed by atoms with Gasteiger partial charge in [0.05, 0.1) is 12.7 Å². The van der Waals surface area contributed by atoms with E-state index in [9.17, 15) is 4.79 Å². The van der Waals surface area contributed by atoms with Crippen molar-refractivity contribution in [3.05, 3.63) is 41.6 Å². The van der Waals surface area contributed by atoms with Gasteiger partial charge in [-0.25, -0.2) is 15.0 Å². The molecule has 3 rings (SSSR count). The Morgan fingerprint density at radius 3 is 2.69 bits per heavy atom. The van der Waals surface area contributed by atoms with Crippen LogP contribution in [0.5, 0.6) is 0 Å². The average Bonchev–Trinajstić information content (AvgIpc) is 2.65. The second kappa shape index (κ2) is 7.93. The number of hydrogen-bond donors (Lipinski definition) is 1. The second-order valence-corrected chi connectivity index (χ2v) is 6.72. The molecule has 0 radical (unpaired) electrons. The molecule has 0 saturated carbocycles. The lowest BCUT2D eigenvalue weighted by molar-refractivity contribution is -0.132. The second-order valence-electron chi connectivity index (χ2n) is 6.72. The number of aromatic nitrogens is 2. The van der Waals surface area contributed by atoms with Crippen LogP contribution in [-0.2, 0) is 9.53 Å². The topological polar surface area (TPSA) is 67.3 Å². The summed E-state index contributed by atoms with van der Waals surface area (Å²) in [6.45, 7) is 8.88. The molecule has 1 aromatic heterocycles. The number of aryl methyl sites for hydroxylation is 1. The molecular formula is C20H26N4O2. The first-order chi connectivity index (χ1) is 12.5. The van der Waals surface area contributed by atoms with Crippen molar-refractivity contribution in [1.29, 1.82) is 0 Å². The van der Waals surface area contributed by atoms with Gasteiger partial charge in [-0.15, -0.1) is 0 Å². The lowest BCUT2D eigenvalue weighted by Crippen LogP contribution is -2.55. The number of rotatable bonds is 5. The van der Waals surface area contributed by atoms with Gasteiger partial charge in [0.25, 0.3) is 0 Å². The number of morpholine rings is 1. The van der Waals surface area contributed by atoms with Gasteiger partial charge < -0.3 is 10.2 Å². The van der Waals surface area contributed by atoms with E-state index in [1.807, 2.05) is 63.0 Å². The minimum Gasteiger partial charge on any atom is -0.375 e. The zero-order valence-corrected chi connectivity index (χ0v) is 15.8. The van der Waals surface area contributed by atoms with E-state index in [1.54, 1.807) is 0 Å². The molecule has 1 aromatic carbocycles. The van der Waals surface area contributed by atoms with E-state index in [-0.39, 0.29) is 17.9 Å². The summed E-state index contributed by atoms with van der Waals surface area (Å²) in [4.78, 5) is 21.7. The van der Waals surface area contributed by atoms with Gasteiger partial charge in [-0.3, -0.25) is 4.79 Å². The first-order valence-corrected chi connectivity index (χ1v) is 9.07. The predicted molar refractivity (Wildman–Crippen MR) is 102 cm³/mol. The predicted octanol–water partition coefficient (Wildman–Crippen LogP) is 3.16. The smallest absolute Gasteiger partial charge is 0.161 e. The van der Waals surface area contributed by atoms with E-state index in [4.69, 9.17) is 9.72 Å². The van der Waals surface area contributed by atoms with Crippen molar-refractivity contribution in [2.75, 3.05) is 18.6 Å². The monoisotopic (exact) mass is 354 g/mol. The van der Waals surface area contributed by atoms with Crippen molar-refractivity contribution in [2.24, 2.45) is 0 Å². The molecule has 0 aliphatic carbocycles. The highest BCUT2D eigenvalue weighted by Crippen LogP contribution is 2.23. The van der Waals surface area contributed by atoms with Crippen LogP contribution in [0.25, 0.3) is 11.4 Å². The highest BCUT2D eigenvalue weighted by atomic mass is 16.5. The number of ether oxygens (including phenoxy) is 1. The summed E-state index contributed by atoms with van der Waals surface area (Å²) in [6.07, 6.45) is 0.540. The van der Waals surface area contributed by atoms with Crippen molar-refractivity contribution >= 4 is 11.6 Å². The molecule has 1 N–H and O–H groups in total. The molecule has 138 valence electrons. The lowest BCUT2D eigenvalue weighted by Gasteiger charge is -2.38. The third kappa shape index (κ3) is 3.92. The molecule has 26 heavy (non-hydrogen) atoms. The maximum atomic E-state index is 12.3. The fraction of sp³-hybridized carbons (Fsp3) is 0.450. The van der Waals surface area contributed by atoms with Crippen LogP contribution in [-0.4, -0.2) is 46.1 Å². The Morgan fingerprint density at radius 1 is 1.27 bits per heavy atom. The Balaban J connectivity index is 1.92. The molecule has 2 atom stereocenters. The Hall–Kier alpha value is -2.31. The van der Waals surface area contributed by atoms with Gasteiger partial charge >= 0.3 is 0 Å². The van der Waals surface area contributed by atoms with Gasteiger partial charge in [0.1, 0.15) is 11.9 Å². The van der Waals surface area contributed by atoms with Crippen LogP contribution >= 0.6 is 0 Å². The molecule has 6 nitrogen and oxygen atoms in total. The van der Waals surface area contributed by atoms with Crippen LogP contribution in [0.4, 0.5) is 5.82 Å². The minimum absolute atomic E-state index is 0.0558. The van der Waals surface area contributed by atoms with Crippen molar-refractivity contribution in [1.82, 2.24) is 15.0 Å². The quantitative estimate of drug-likeness (QED) is 0.890. The number of nitrogens with zero attached hydrogens (tertiary/aromatic N) is 3. The summed E-state index contributed by atoms with van der Waals surface area (Å²) in [6, 6.07) is 9.61. The molecule has 6 heteroatoms. The van der Waals surface area contributed by atoms with Gasteiger partial charge in [-0.1, -0.05) is 37.3 Å². The number of benzene rings is 1. The largest absolute Gasteiger partial charge is 0.375 e. The lowest BCUT2D eigenvalue weighted by atomic mass is 10.1. The normalized spacial score (nSPS) is 20.8. The number of anilines is 1. The van der Waals surface area contributed by atoms with Crippen LogP contribution in [0, 0.1) is 13.8 Å². The summed E-state index contributed by atoms with van der Waals surface area (Å²) in [5.74, 6) is 1.58. The van der Waals surface area contributed by atoms with Crippen LogP contribution in [0.15, 0.2) is 30.3 Å². The standard InChI is InChI=1S/C20H26N4O2/c1-5-18(25)17-12-26-13(2)11-24(17)23-19-14(3)15(4)21-20(22-19)16-9-7-6-8-10-16/h6-10,13,17H,5,11-12H2,1-4H3,(H,21,22,23)/t13-,17-/m1/s1. The molecule has 2 aromatic rings. The zero-order valence-electron chi connectivity index (χ0n) is 15.8. The van der Waals surface area contributed by atoms with Gasteiger partial charge in [-0.05, 0) is 20.8 Å². The Labute approximate surface area is 154 Å². The van der Waals surface area contributed by atoms with E-state index >= 15 is 0 Å². The number of carbonyl (C=O) groups excluding carboxylic acids is 1. The van der Waals surface area contributed by atoms with E-state index < -0.39 is 0 Å². The molecule has 1 saturated heterocycles. The van der Waals surface area contributed by atoms with Gasteiger partial charge in [0.15, 0.2) is 11.6 Å². The van der Waals surface area contributed by atoms with Crippen molar-refractivity contribution in [2.45, 2.75) is 46.3 Å². The van der Waals surface area contributed by atoms with Crippen LogP contribution in [0.3, 0.4) is 0 Å². The molecule has 1 fully saturated rings. The number of hydrogen-bond acceptors (Lipinski definition) is 6. The molecular weight excluding hydrogens is 328 g/mol. The Kier molecular flexibility index (Phi) is 5.64. The molecule has 0 amide bonds. The van der Waals surface area contributed by atoms with Gasteiger partial charge in [0.2, 0.25) is 0 Å². The number of nitrogens with one attached hydrogen (secondary N) is 1. The molecule has 2 heterocycles. The first kappa shape index (κ1) is 18.5.